The van der Waals surface area contributed by atoms with Crippen molar-refractivity contribution in [2.24, 2.45) is 5.92 Å². The van der Waals surface area contributed by atoms with Crippen molar-refractivity contribution in [1.29, 1.82) is 0 Å². The maximum atomic E-state index is 12.5. The number of carbonyl (C=O) groups is 2. The molecular weight excluding hydrogens is 269 g/mol. The van der Waals surface area contributed by atoms with Gasteiger partial charge in [-0.1, -0.05) is 0 Å². The number of carbonyl (C=O) groups excluding carboxylic acids is 1. The fourth-order valence-electron chi connectivity index (χ4n) is 2.07. The highest BCUT2D eigenvalue weighted by Crippen LogP contribution is 2.23. The lowest BCUT2D eigenvalue weighted by molar-refractivity contribution is -0.152. The van der Waals surface area contributed by atoms with Gasteiger partial charge in [-0.15, -0.1) is 3.89 Å². The minimum atomic E-state index is -4.71. The van der Waals surface area contributed by atoms with Gasteiger partial charge in [0.25, 0.3) is 0 Å². The van der Waals surface area contributed by atoms with Crippen molar-refractivity contribution in [2.45, 2.75) is 25.5 Å². The average Bonchev–Trinajstić information content (AvgIpc) is 2.42. The second kappa shape index (κ2) is 5.19. The van der Waals surface area contributed by atoms with Crippen molar-refractivity contribution in [3.05, 3.63) is 0 Å². The molecule has 0 saturated carbocycles. The number of rotatable bonds is 5. The number of aliphatic hydroxyl groups excluding tert-OH is 1. The number of aliphatic carboxylic acids is 1. The molecule has 0 radical (unpaired) electrons. The van der Waals surface area contributed by atoms with Crippen LogP contribution in [-0.4, -0.2) is 59.9 Å². The van der Waals surface area contributed by atoms with E-state index < -0.39 is 45.9 Å². The first-order valence-electron chi connectivity index (χ1n) is 5.24. The number of likely N-dealkylation sites (tertiary alicyclic amines) is 1. The van der Waals surface area contributed by atoms with E-state index in [4.69, 9.17) is 5.11 Å². The van der Waals surface area contributed by atoms with Gasteiger partial charge in [0, 0.05) is 18.9 Å². The molecule has 7 nitrogen and oxygen atoms in total. The number of halogens is 1. The summed E-state index contributed by atoms with van der Waals surface area (Å²) < 4.78 is 33.4. The monoisotopic (exact) mass is 283 g/mol. The number of carboxylic acids is 1. The van der Waals surface area contributed by atoms with Crippen LogP contribution >= 0.6 is 0 Å². The van der Waals surface area contributed by atoms with E-state index in [0.29, 0.717) is 0 Å². The minimum Gasteiger partial charge on any atom is -0.480 e. The zero-order valence-corrected chi connectivity index (χ0v) is 10.4. The van der Waals surface area contributed by atoms with E-state index >= 15 is 0 Å². The van der Waals surface area contributed by atoms with Crippen LogP contribution < -0.4 is 0 Å². The zero-order valence-electron chi connectivity index (χ0n) is 9.61. The maximum absolute atomic E-state index is 12.5. The van der Waals surface area contributed by atoms with Gasteiger partial charge in [0.05, 0.1) is 11.9 Å². The Balaban J connectivity index is 2.81. The summed E-state index contributed by atoms with van der Waals surface area (Å²) in [6.45, 7) is 1.02. The van der Waals surface area contributed by atoms with Crippen LogP contribution in [0.5, 0.6) is 0 Å². The van der Waals surface area contributed by atoms with Gasteiger partial charge in [-0.05, 0) is 6.92 Å². The van der Waals surface area contributed by atoms with Gasteiger partial charge in [-0.2, -0.15) is 8.42 Å². The van der Waals surface area contributed by atoms with Crippen LogP contribution in [0.4, 0.5) is 3.89 Å². The third-order valence-corrected chi connectivity index (χ3v) is 3.59. The smallest absolute Gasteiger partial charge is 0.329 e. The Kier molecular flexibility index (Phi) is 4.28. The Morgan fingerprint density at radius 3 is 2.56 bits per heavy atom. The van der Waals surface area contributed by atoms with Crippen LogP contribution in [0.3, 0.4) is 0 Å². The lowest BCUT2D eigenvalue weighted by Gasteiger charge is -2.26. The number of hydrogen-bond acceptors (Lipinski definition) is 5. The Hall–Kier alpha value is -1.22. The normalized spacial score (nSPS) is 24.1. The summed E-state index contributed by atoms with van der Waals surface area (Å²) in [5, 5.41) is 18.2. The fourth-order valence-corrected chi connectivity index (χ4v) is 2.86. The largest absolute Gasteiger partial charge is 0.480 e. The molecule has 0 spiro atoms. The zero-order chi connectivity index (χ0) is 14.1. The third kappa shape index (κ3) is 3.64. The van der Waals surface area contributed by atoms with Crippen molar-refractivity contribution in [3.8, 4) is 0 Å². The molecule has 0 aromatic rings. The molecule has 104 valence electrons. The van der Waals surface area contributed by atoms with E-state index in [9.17, 15) is 27.0 Å². The molecule has 1 rings (SSSR count). The number of hydrogen-bond donors (Lipinski definition) is 2. The van der Waals surface area contributed by atoms with E-state index in [0.717, 1.165) is 4.90 Å². The van der Waals surface area contributed by atoms with Crippen molar-refractivity contribution >= 4 is 22.1 Å². The van der Waals surface area contributed by atoms with Gasteiger partial charge >= 0.3 is 16.2 Å². The van der Waals surface area contributed by atoms with E-state index in [1.54, 1.807) is 0 Å². The lowest BCUT2D eigenvalue weighted by atomic mass is 10.1. The topological polar surface area (TPSA) is 112 Å². The second-order valence-electron chi connectivity index (χ2n) is 4.35. The standard InChI is InChI=1S/C9H14FNO6S/c1-5(12)8(9(14)15)11-3-6(2-7(11)13)4-18(10,16)17/h5-6,8,12H,2-4H2,1H3,(H,14,15). The summed E-state index contributed by atoms with van der Waals surface area (Å²) in [6.07, 6.45) is -1.54. The van der Waals surface area contributed by atoms with E-state index in [1.807, 2.05) is 0 Å². The lowest BCUT2D eigenvalue weighted by Crippen LogP contribution is -2.48. The molecule has 3 unspecified atom stereocenters. The molecule has 1 aliphatic heterocycles. The Morgan fingerprint density at radius 1 is 1.61 bits per heavy atom. The Morgan fingerprint density at radius 2 is 2.17 bits per heavy atom. The van der Waals surface area contributed by atoms with Crippen LogP contribution in [0.15, 0.2) is 0 Å². The molecule has 18 heavy (non-hydrogen) atoms. The number of nitrogens with zero attached hydrogens (tertiary/aromatic N) is 1. The van der Waals surface area contributed by atoms with Crippen molar-refractivity contribution in [1.82, 2.24) is 4.90 Å². The number of carboxylic acid groups (broad SMARTS) is 1. The summed E-state index contributed by atoms with van der Waals surface area (Å²) in [7, 11) is -4.71. The number of aliphatic hydroxyl groups is 1. The van der Waals surface area contributed by atoms with E-state index in [2.05, 4.69) is 0 Å². The van der Waals surface area contributed by atoms with Crippen LogP contribution in [0.1, 0.15) is 13.3 Å². The van der Waals surface area contributed by atoms with Crippen molar-refractivity contribution < 1.29 is 32.1 Å². The van der Waals surface area contributed by atoms with Crippen LogP contribution in [0, 0.1) is 5.92 Å². The molecule has 1 fully saturated rings. The Labute approximate surface area is 103 Å². The van der Waals surface area contributed by atoms with Crippen LogP contribution in [-0.2, 0) is 19.8 Å². The molecule has 1 heterocycles. The molecule has 9 heteroatoms. The van der Waals surface area contributed by atoms with Crippen molar-refractivity contribution in [3.63, 3.8) is 0 Å². The summed E-state index contributed by atoms with van der Waals surface area (Å²) in [5.41, 5.74) is 0. The van der Waals surface area contributed by atoms with Gasteiger partial charge in [0.1, 0.15) is 0 Å². The molecule has 1 amide bonds. The fraction of sp³-hybridized carbons (Fsp3) is 0.778. The molecule has 3 atom stereocenters. The molecular formula is C9H14FNO6S. The molecule has 1 saturated heterocycles. The predicted molar refractivity (Wildman–Crippen MR) is 57.8 cm³/mol. The highest BCUT2D eigenvalue weighted by Gasteiger charge is 2.41. The quantitative estimate of drug-likeness (QED) is 0.624. The van der Waals surface area contributed by atoms with Gasteiger partial charge < -0.3 is 15.1 Å². The second-order valence-corrected chi connectivity index (χ2v) is 5.76. The molecule has 1 aliphatic rings. The highest BCUT2D eigenvalue weighted by atomic mass is 32.3. The molecule has 2 N–H and O–H groups in total. The summed E-state index contributed by atoms with van der Waals surface area (Å²) in [5.74, 6) is -3.59. The van der Waals surface area contributed by atoms with Crippen molar-refractivity contribution in [2.75, 3.05) is 12.3 Å². The molecule has 0 bridgehead atoms. The van der Waals surface area contributed by atoms with E-state index in [1.165, 1.54) is 6.92 Å². The summed E-state index contributed by atoms with van der Waals surface area (Å²) in [6, 6.07) is -1.44. The van der Waals surface area contributed by atoms with Gasteiger partial charge in [-0.3, -0.25) is 4.79 Å². The summed E-state index contributed by atoms with van der Waals surface area (Å²) >= 11 is 0. The highest BCUT2D eigenvalue weighted by molar-refractivity contribution is 7.86. The maximum Gasteiger partial charge on any atom is 0.329 e. The molecule has 0 aliphatic carbocycles. The van der Waals surface area contributed by atoms with Gasteiger partial charge in [0.2, 0.25) is 5.91 Å². The van der Waals surface area contributed by atoms with Gasteiger partial charge in [0.15, 0.2) is 6.04 Å². The van der Waals surface area contributed by atoms with E-state index in [-0.39, 0.29) is 13.0 Å². The van der Waals surface area contributed by atoms with Gasteiger partial charge in [-0.25, -0.2) is 4.79 Å². The molecule has 0 aromatic heterocycles. The average molecular weight is 283 g/mol. The minimum absolute atomic E-state index is 0.191. The first-order chi connectivity index (χ1) is 8.11. The number of amides is 1. The third-order valence-electron chi connectivity index (χ3n) is 2.72. The molecule has 0 aromatic carbocycles. The SMILES string of the molecule is CC(O)C(C(=O)O)N1CC(CS(=O)(=O)F)CC1=O. The first kappa shape index (κ1) is 14.8. The first-order valence-corrected chi connectivity index (χ1v) is 6.79. The van der Waals surface area contributed by atoms with Crippen LogP contribution in [0.25, 0.3) is 0 Å². The Bertz CT molecular complexity index is 448. The summed E-state index contributed by atoms with van der Waals surface area (Å²) in [4.78, 5) is 23.4. The predicted octanol–water partition coefficient (Wildman–Crippen LogP) is -1.03. The van der Waals surface area contributed by atoms with Crippen LogP contribution in [0.2, 0.25) is 0 Å².